The van der Waals surface area contributed by atoms with Gasteiger partial charge in [-0.2, -0.15) is 0 Å². The fourth-order valence-electron chi connectivity index (χ4n) is 4.60. The largest absolute Gasteiger partial charge is 0.337 e. The number of para-hydroxylation sites is 1. The van der Waals surface area contributed by atoms with E-state index in [-0.39, 0.29) is 0 Å². The Hall–Kier alpha value is -3.30. The Balaban J connectivity index is 1.54. The molecule has 0 unspecified atom stereocenters. The summed E-state index contributed by atoms with van der Waals surface area (Å²) in [7, 11) is 0. The molecular formula is C27H20N2S. The van der Waals surface area contributed by atoms with E-state index in [0.717, 1.165) is 17.1 Å². The van der Waals surface area contributed by atoms with Gasteiger partial charge in [-0.1, -0.05) is 66.7 Å². The molecule has 0 bridgehead atoms. The highest BCUT2D eigenvalue weighted by molar-refractivity contribution is 7.97. The zero-order valence-electron chi connectivity index (χ0n) is 16.7. The third-order valence-electron chi connectivity index (χ3n) is 5.94. The van der Waals surface area contributed by atoms with Gasteiger partial charge in [0.15, 0.2) is 0 Å². The molecule has 0 saturated carbocycles. The SMILES string of the molecule is CSCn1cc(C=Nc2ccc3ccc4cccc5ccc2c3c45)c2ccccc21. The van der Waals surface area contributed by atoms with Crippen LogP contribution in [0.4, 0.5) is 5.69 Å². The molecular weight excluding hydrogens is 384 g/mol. The molecule has 0 N–H and O–H groups in total. The van der Waals surface area contributed by atoms with Crippen LogP contribution in [0.15, 0.2) is 90.1 Å². The van der Waals surface area contributed by atoms with Crippen LogP contribution in [0, 0.1) is 0 Å². The maximum absolute atomic E-state index is 4.96. The molecule has 30 heavy (non-hydrogen) atoms. The van der Waals surface area contributed by atoms with Gasteiger partial charge >= 0.3 is 0 Å². The fourth-order valence-corrected chi connectivity index (χ4v) is 5.09. The van der Waals surface area contributed by atoms with Crippen LogP contribution in [0.2, 0.25) is 0 Å². The molecule has 1 heterocycles. The van der Waals surface area contributed by atoms with Gasteiger partial charge in [0.1, 0.15) is 0 Å². The zero-order valence-corrected chi connectivity index (χ0v) is 17.5. The average molecular weight is 405 g/mol. The molecule has 144 valence electrons. The first kappa shape index (κ1) is 17.5. The molecule has 0 saturated heterocycles. The number of aliphatic imine (C=N–C) groups is 1. The van der Waals surface area contributed by atoms with Crippen molar-refractivity contribution in [2.24, 2.45) is 4.99 Å². The second-order valence-corrected chi connectivity index (χ2v) is 8.52. The monoisotopic (exact) mass is 404 g/mol. The summed E-state index contributed by atoms with van der Waals surface area (Å²) in [5.41, 5.74) is 3.43. The third-order valence-corrected chi connectivity index (χ3v) is 6.47. The van der Waals surface area contributed by atoms with Crippen LogP contribution >= 0.6 is 11.8 Å². The van der Waals surface area contributed by atoms with E-state index in [1.165, 1.54) is 43.2 Å². The Kier molecular flexibility index (Phi) is 4.03. The van der Waals surface area contributed by atoms with Gasteiger partial charge in [0.25, 0.3) is 0 Å². The fraction of sp³-hybridized carbons (Fsp3) is 0.0741. The van der Waals surface area contributed by atoms with E-state index in [0.29, 0.717) is 0 Å². The van der Waals surface area contributed by atoms with E-state index in [1.54, 1.807) is 0 Å². The van der Waals surface area contributed by atoms with Gasteiger partial charge < -0.3 is 4.57 Å². The predicted octanol–water partition coefficient (Wildman–Crippen LogP) is 7.61. The minimum Gasteiger partial charge on any atom is -0.337 e. The normalized spacial score (nSPS) is 12.3. The van der Waals surface area contributed by atoms with Crippen molar-refractivity contribution in [3.8, 4) is 0 Å². The smallest absolute Gasteiger partial charge is 0.0708 e. The van der Waals surface area contributed by atoms with E-state index >= 15 is 0 Å². The van der Waals surface area contributed by atoms with Crippen LogP contribution in [0.25, 0.3) is 43.2 Å². The predicted molar refractivity (Wildman–Crippen MR) is 133 cm³/mol. The molecule has 6 rings (SSSR count). The maximum Gasteiger partial charge on any atom is 0.0708 e. The number of hydrogen-bond acceptors (Lipinski definition) is 2. The first-order valence-electron chi connectivity index (χ1n) is 10.1. The highest BCUT2D eigenvalue weighted by Crippen LogP contribution is 2.38. The van der Waals surface area contributed by atoms with Crippen LogP contribution in [-0.4, -0.2) is 17.0 Å². The van der Waals surface area contributed by atoms with Crippen LogP contribution in [0.1, 0.15) is 5.56 Å². The second kappa shape index (κ2) is 6.89. The Bertz CT molecular complexity index is 1540. The number of thioether (sulfide) groups is 1. The lowest BCUT2D eigenvalue weighted by Crippen LogP contribution is -1.90. The summed E-state index contributed by atoms with van der Waals surface area (Å²) < 4.78 is 2.30. The number of nitrogens with zero attached hydrogens (tertiary/aromatic N) is 2. The molecule has 0 aliphatic carbocycles. The van der Waals surface area contributed by atoms with Crippen molar-refractivity contribution in [2.45, 2.75) is 5.88 Å². The molecule has 0 spiro atoms. The number of hydrogen-bond donors (Lipinski definition) is 0. The summed E-state index contributed by atoms with van der Waals surface area (Å²) in [6.07, 6.45) is 6.36. The Morgan fingerprint density at radius 1 is 0.767 bits per heavy atom. The van der Waals surface area contributed by atoms with Gasteiger partial charge in [0, 0.05) is 34.3 Å². The molecule has 2 nitrogen and oxygen atoms in total. The highest BCUT2D eigenvalue weighted by atomic mass is 32.2. The Morgan fingerprint density at radius 2 is 1.50 bits per heavy atom. The second-order valence-electron chi connectivity index (χ2n) is 7.69. The van der Waals surface area contributed by atoms with Crippen molar-refractivity contribution in [3.63, 3.8) is 0 Å². The summed E-state index contributed by atoms with van der Waals surface area (Å²) in [5, 5.41) is 8.93. The van der Waals surface area contributed by atoms with Crippen molar-refractivity contribution in [3.05, 3.63) is 90.6 Å². The molecule has 0 atom stereocenters. The minimum atomic E-state index is 0.938. The van der Waals surface area contributed by atoms with Gasteiger partial charge in [-0.05, 0) is 45.3 Å². The Labute approximate surface area is 179 Å². The van der Waals surface area contributed by atoms with E-state index in [2.05, 4.69) is 95.9 Å². The average Bonchev–Trinajstić information content (AvgIpc) is 3.14. The molecule has 6 aromatic rings. The first-order chi connectivity index (χ1) is 14.8. The lowest BCUT2D eigenvalue weighted by molar-refractivity contribution is 0.943. The minimum absolute atomic E-state index is 0.938. The molecule has 1 aromatic heterocycles. The number of aromatic nitrogens is 1. The van der Waals surface area contributed by atoms with Gasteiger partial charge in [-0.15, -0.1) is 11.8 Å². The third kappa shape index (κ3) is 2.62. The Morgan fingerprint density at radius 3 is 2.33 bits per heavy atom. The summed E-state index contributed by atoms with van der Waals surface area (Å²) in [6.45, 7) is 0. The van der Waals surface area contributed by atoms with Crippen molar-refractivity contribution >= 4 is 66.9 Å². The molecule has 0 fully saturated rings. The van der Waals surface area contributed by atoms with Crippen molar-refractivity contribution in [2.75, 3.05) is 6.26 Å². The van der Waals surface area contributed by atoms with Crippen molar-refractivity contribution in [1.82, 2.24) is 4.57 Å². The van der Waals surface area contributed by atoms with Gasteiger partial charge in [-0.3, -0.25) is 4.99 Å². The van der Waals surface area contributed by atoms with Gasteiger partial charge in [0.2, 0.25) is 0 Å². The summed E-state index contributed by atoms with van der Waals surface area (Å²) in [4.78, 5) is 4.96. The number of benzene rings is 5. The lowest BCUT2D eigenvalue weighted by Gasteiger charge is -2.11. The molecule has 0 aliphatic heterocycles. The number of rotatable bonds is 4. The standard InChI is InChI=1S/C27H20N2S/c1-30-17-29-16-21(22-7-2-3-8-25(22)29)15-28-24-14-12-20-10-9-18-5-4-6-19-11-13-23(24)27(20)26(18)19/h2-16H,17H2,1H3. The topological polar surface area (TPSA) is 17.3 Å². The summed E-state index contributed by atoms with van der Waals surface area (Å²) in [5.74, 6) is 0.938. The van der Waals surface area contributed by atoms with E-state index in [4.69, 9.17) is 4.99 Å². The van der Waals surface area contributed by atoms with Crippen LogP contribution in [0.3, 0.4) is 0 Å². The van der Waals surface area contributed by atoms with Crippen LogP contribution in [-0.2, 0) is 5.88 Å². The van der Waals surface area contributed by atoms with Gasteiger partial charge in [-0.25, -0.2) is 0 Å². The lowest BCUT2D eigenvalue weighted by atomic mass is 9.93. The zero-order chi connectivity index (χ0) is 20.1. The van der Waals surface area contributed by atoms with Crippen molar-refractivity contribution in [1.29, 1.82) is 0 Å². The molecule has 0 amide bonds. The van der Waals surface area contributed by atoms with Crippen LogP contribution < -0.4 is 0 Å². The van der Waals surface area contributed by atoms with Gasteiger partial charge in [0.05, 0.1) is 11.6 Å². The molecule has 0 aliphatic rings. The van der Waals surface area contributed by atoms with E-state index in [9.17, 15) is 0 Å². The van der Waals surface area contributed by atoms with Crippen LogP contribution in [0.5, 0.6) is 0 Å². The quantitative estimate of drug-likeness (QED) is 0.218. The summed E-state index contributed by atoms with van der Waals surface area (Å²) in [6, 6.07) is 28.3. The molecule has 0 radical (unpaired) electrons. The van der Waals surface area contributed by atoms with Crippen molar-refractivity contribution < 1.29 is 0 Å². The van der Waals surface area contributed by atoms with E-state index in [1.807, 2.05) is 18.0 Å². The number of fused-ring (bicyclic) bond motifs is 1. The maximum atomic E-state index is 4.96. The molecule has 3 heteroatoms. The first-order valence-corrected chi connectivity index (χ1v) is 11.5. The van der Waals surface area contributed by atoms with E-state index < -0.39 is 0 Å². The highest BCUT2D eigenvalue weighted by Gasteiger charge is 2.11. The molecule has 5 aromatic carbocycles. The summed E-state index contributed by atoms with van der Waals surface area (Å²) >= 11 is 1.82.